The number of nitrogens with two attached hydrogens (primary N) is 1. The molecular formula is C12H13ClN2O2. The molecule has 0 aliphatic rings. The molecule has 0 spiro atoms. The van der Waals surface area contributed by atoms with Gasteiger partial charge in [0.1, 0.15) is 17.6 Å². The van der Waals surface area contributed by atoms with Gasteiger partial charge in [0.25, 0.3) is 0 Å². The number of ether oxygens (including phenoxy) is 1. The van der Waals surface area contributed by atoms with Crippen LogP contribution in [0.25, 0.3) is 0 Å². The largest absolute Gasteiger partial charge is 0.497 e. The van der Waals surface area contributed by atoms with E-state index in [0.29, 0.717) is 11.0 Å². The van der Waals surface area contributed by atoms with Crippen LogP contribution < -0.4 is 16.0 Å². The molecule has 1 atom stereocenters. The summed E-state index contributed by atoms with van der Waals surface area (Å²) in [5.41, 5.74) is 3.66. The maximum Gasteiger partial charge on any atom is 0.193 e. The Bertz CT molecular complexity index is 482. The van der Waals surface area contributed by atoms with Crippen molar-refractivity contribution in [2.75, 3.05) is 7.11 Å². The summed E-state index contributed by atoms with van der Waals surface area (Å²) in [5, 5.41) is 0.341. The first-order valence-corrected chi connectivity index (χ1v) is 5.47. The highest BCUT2D eigenvalue weighted by molar-refractivity contribution is 6.28. The standard InChI is InChI=1S/C12H13ClN2O2/c1-16-9-4-2-8(3-5-9)12(15-14)10-6-7-11(13)17-10/h2-7,12,15H,14H2,1H3. The van der Waals surface area contributed by atoms with Crippen molar-refractivity contribution in [3.63, 3.8) is 0 Å². The molecule has 0 aliphatic carbocycles. The van der Waals surface area contributed by atoms with Crippen molar-refractivity contribution in [2.45, 2.75) is 6.04 Å². The fraction of sp³-hybridized carbons (Fsp3) is 0.167. The summed E-state index contributed by atoms with van der Waals surface area (Å²) in [6.07, 6.45) is 0. The number of hydrazine groups is 1. The summed E-state index contributed by atoms with van der Waals surface area (Å²) in [6.45, 7) is 0. The van der Waals surface area contributed by atoms with Crippen LogP contribution in [0, 0.1) is 0 Å². The average molecular weight is 253 g/mol. The molecule has 5 heteroatoms. The van der Waals surface area contributed by atoms with Crippen molar-refractivity contribution < 1.29 is 9.15 Å². The molecule has 2 aromatic rings. The van der Waals surface area contributed by atoms with E-state index >= 15 is 0 Å². The predicted octanol–water partition coefficient (Wildman–Crippen LogP) is 2.49. The number of rotatable bonds is 4. The van der Waals surface area contributed by atoms with E-state index in [4.69, 9.17) is 26.6 Å². The Morgan fingerprint density at radius 3 is 2.41 bits per heavy atom. The maximum absolute atomic E-state index is 5.74. The first-order valence-electron chi connectivity index (χ1n) is 5.10. The lowest BCUT2D eigenvalue weighted by Crippen LogP contribution is -2.28. The third-order valence-electron chi connectivity index (χ3n) is 2.49. The Kier molecular flexibility index (Phi) is 3.68. The van der Waals surface area contributed by atoms with Gasteiger partial charge in [0.2, 0.25) is 0 Å². The van der Waals surface area contributed by atoms with E-state index < -0.39 is 0 Å². The van der Waals surface area contributed by atoms with Crippen molar-refractivity contribution in [3.8, 4) is 5.75 Å². The Morgan fingerprint density at radius 2 is 1.94 bits per heavy atom. The lowest BCUT2D eigenvalue weighted by molar-refractivity contribution is 0.413. The summed E-state index contributed by atoms with van der Waals surface area (Å²) >= 11 is 5.74. The van der Waals surface area contributed by atoms with Crippen molar-refractivity contribution >= 4 is 11.6 Å². The van der Waals surface area contributed by atoms with Gasteiger partial charge in [0.05, 0.1) is 7.11 Å². The molecule has 0 bridgehead atoms. The monoisotopic (exact) mass is 252 g/mol. The molecule has 1 unspecified atom stereocenters. The van der Waals surface area contributed by atoms with E-state index in [1.165, 1.54) is 0 Å². The third kappa shape index (κ3) is 2.61. The second kappa shape index (κ2) is 5.23. The van der Waals surface area contributed by atoms with Crippen LogP contribution in [0.1, 0.15) is 17.4 Å². The van der Waals surface area contributed by atoms with Crippen molar-refractivity contribution in [2.24, 2.45) is 5.84 Å². The maximum atomic E-state index is 5.74. The van der Waals surface area contributed by atoms with Gasteiger partial charge >= 0.3 is 0 Å². The number of nitrogens with one attached hydrogen (secondary N) is 1. The van der Waals surface area contributed by atoms with Crippen molar-refractivity contribution in [1.82, 2.24) is 5.43 Å². The van der Waals surface area contributed by atoms with Crippen LogP contribution >= 0.6 is 11.6 Å². The summed E-state index contributed by atoms with van der Waals surface area (Å²) in [6, 6.07) is 10.8. The molecule has 3 N–H and O–H groups in total. The van der Waals surface area contributed by atoms with E-state index in [9.17, 15) is 0 Å². The lowest BCUT2D eigenvalue weighted by atomic mass is 10.1. The molecule has 90 valence electrons. The van der Waals surface area contributed by atoms with Gasteiger partial charge in [-0.2, -0.15) is 0 Å². The zero-order valence-electron chi connectivity index (χ0n) is 9.31. The fourth-order valence-electron chi connectivity index (χ4n) is 1.62. The summed E-state index contributed by atoms with van der Waals surface area (Å²) in [7, 11) is 1.62. The van der Waals surface area contributed by atoms with Crippen LogP contribution in [0.4, 0.5) is 0 Å². The van der Waals surface area contributed by atoms with Crippen LogP contribution in [-0.2, 0) is 0 Å². The van der Waals surface area contributed by atoms with Gasteiger partial charge < -0.3 is 9.15 Å². The molecule has 0 saturated carbocycles. The molecule has 0 saturated heterocycles. The van der Waals surface area contributed by atoms with Crippen LogP contribution in [-0.4, -0.2) is 7.11 Å². The van der Waals surface area contributed by atoms with Crippen LogP contribution in [0.5, 0.6) is 5.75 Å². The highest BCUT2D eigenvalue weighted by Gasteiger charge is 2.16. The van der Waals surface area contributed by atoms with Gasteiger partial charge in [0.15, 0.2) is 5.22 Å². The van der Waals surface area contributed by atoms with Gasteiger partial charge in [-0.05, 0) is 41.4 Å². The zero-order chi connectivity index (χ0) is 12.3. The Labute approximate surface area is 104 Å². The zero-order valence-corrected chi connectivity index (χ0v) is 10.1. The molecule has 0 radical (unpaired) electrons. The number of methoxy groups -OCH3 is 1. The molecule has 4 nitrogen and oxygen atoms in total. The minimum Gasteiger partial charge on any atom is -0.497 e. The minimum absolute atomic E-state index is 0.228. The van der Waals surface area contributed by atoms with Crippen LogP contribution in [0.2, 0.25) is 5.22 Å². The van der Waals surface area contributed by atoms with Crippen LogP contribution in [0.15, 0.2) is 40.8 Å². The number of halogens is 1. The first kappa shape index (κ1) is 12.0. The third-order valence-corrected chi connectivity index (χ3v) is 2.70. The van der Waals surface area contributed by atoms with E-state index in [-0.39, 0.29) is 6.04 Å². The second-order valence-electron chi connectivity index (χ2n) is 3.51. The molecule has 2 rings (SSSR count). The van der Waals surface area contributed by atoms with Gasteiger partial charge in [0, 0.05) is 0 Å². The molecule has 1 aromatic heterocycles. The molecule has 0 fully saturated rings. The topological polar surface area (TPSA) is 60.4 Å². The van der Waals surface area contributed by atoms with Crippen LogP contribution in [0.3, 0.4) is 0 Å². The van der Waals surface area contributed by atoms with Crippen molar-refractivity contribution in [1.29, 1.82) is 0 Å². The predicted molar refractivity (Wildman–Crippen MR) is 65.9 cm³/mol. The van der Waals surface area contributed by atoms with E-state index in [2.05, 4.69) is 5.43 Å². The second-order valence-corrected chi connectivity index (χ2v) is 3.89. The Hall–Kier alpha value is -1.49. The normalized spacial score (nSPS) is 12.4. The first-order chi connectivity index (χ1) is 8.24. The van der Waals surface area contributed by atoms with Gasteiger partial charge in [-0.1, -0.05) is 12.1 Å². The molecular weight excluding hydrogens is 240 g/mol. The quantitative estimate of drug-likeness (QED) is 0.648. The SMILES string of the molecule is COc1ccc(C(NN)c2ccc(Cl)o2)cc1. The molecule has 0 aliphatic heterocycles. The van der Waals surface area contributed by atoms with E-state index in [1.54, 1.807) is 19.2 Å². The molecule has 17 heavy (non-hydrogen) atoms. The molecule has 0 amide bonds. The summed E-state index contributed by atoms with van der Waals surface area (Å²) in [4.78, 5) is 0. The summed E-state index contributed by atoms with van der Waals surface area (Å²) < 4.78 is 10.4. The van der Waals surface area contributed by atoms with Gasteiger partial charge in [-0.25, -0.2) is 5.43 Å². The molecule has 1 aromatic carbocycles. The molecule has 1 heterocycles. The lowest BCUT2D eigenvalue weighted by Gasteiger charge is -2.14. The minimum atomic E-state index is -0.228. The summed E-state index contributed by atoms with van der Waals surface area (Å²) in [5.74, 6) is 6.99. The van der Waals surface area contributed by atoms with E-state index in [0.717, 1.165) is 11.3 Å². The van der Waals surface area contributed by atoms with Crippen molar-refractivity contribution in [3.05, 3.63) is 52.9 Å². The number of hydrogen-bond donors (Lipinski definition) is 2. The van der Waals surface area contributed by atoms with Gasteiger partial charge in [-0.15, -0.1) is 0 Å². The average Bonchev–Trinajstić information content (AvgIpc) is 2.78. The number of benzene rings is 1. The number of hydrogen-bond acceptors (Lipinski definition) is 4. The highest BCUT2D eigenvalue weighted by atomic mass is 35.5. The Balaban J connectivity index is 2.28. The van der Waals surface area contributed by atoms with Gasteiger partial charge in [-0.3, -0.25) is 5.84 Å². The number of furan rings is 1. The Morgan fingerprint density at radius 1 is 1.24 bits per heavy atom. The highest BCUT2D eigenvalue weighted by Crippen LogP contribution is 2.26. The van der Waals surface area contributed by atoms with E-state index in [1.807, 2.05) is 24.3 Å². The smallest absolute Gasteiger partial charge is 0.193 e. The fourth-order valence-corrected chi connectivity index (χ4v) is 1.77.